The average molecular weight is 500 g/mol. The molecule has 0 aliphatic rings. The normalized spacial score (nSPS) is 11.2. The van der Waals surface area contributed by atoms with Crippen LogP contribution in [0.25, 0.3) is 22.4 Å². The van der Waals surface area contributed by atoms with Crippen LogP contribution in [0, 0.1) is 13.8 Å². The highest BCUT2D eigenvalue weighted by atomic mass is 32.2. The number of fused-ring (bicyclic) bond motifs is 3. The largest absolute Gasteiger partial charge is 0.496 e. The van der Waals surface area contributed by atoms with Crippen molar-refractivity contribution in [2.45, 2.75) is 25.5 Å². The zero-order valence-electron chi connectivity index (χ0n) is 20.2. The van der Waals surface area contributed by atoms with Crippen molar-refractivity contribution in [1.29, 1.82) is 0 Å². The Morgan fingerprint density at radius 3 is 2.64 bits per heavy atom. The summed E-state index contributed by atoms with van der Waals surface area (Å²) in [5.74, 6) is 1.14. The fourth-order valence-electron chi connectivity index (χ4n) is 4.17. The molecule has 3 aromatic carbocycles. The molecule has 0 fully saturated rings. The highest BCUT2D eigenvalue weighted by Crippen LogP contribution is 2.25. The number of carbonyl (C=O) groups excluding carboxylic acids is 1. The minimum absolute atomic E-state index is 0.144. The maximum absolute atomic E-state index is 13.6. The summed E-state index contributed by atoms with van der Waals surface area (Å²) in [5, 5.41) is 12.7. The minimum atomic E-state index is -0.162. The summed E-state index contributed by atoms with van der Waals surface area (Å²) in [6.45, 7) is 4.31. The van der Waals surface area contributed by atoms with Crippen molar-refractivity contribution in [3.63, 3.8) is 0 Å². The SMILES string of the molecule is COc1ccccc1CNC(=O)CSc1nnc2n(-c3cc(C)ccc3C)c(=O)c3ccccc3n12. The Balaban J connectivity index is 1.49. The van der Waals surface area contributed by atoms with Crippen LogP contribution < -0.4 is 15.6 Å². The van der Waals surface area contributed by atoms with E-state index in [0.29, 0.717) is 28.4 Å². The number of benzene rings is 3. The van der Waals surface area contributed by atoms with Crippen LogP contribution in [0.1, 0.15) is 16.7 Å². The first-order valence-electron chi connectivity index (χ1n) is 11.5. The first-order chi connectivity index (χ1) is 17.5. The number of hydrogen-bond acceptors (Lipinski definition) is 6. The standard InChI is InChI=1S/C27H25N5O3S/c1-17-12-13-18(2)22(14-17)31-25(34)20-9-5-6-10-21(20)32-26(31)29-30-27(32)36-16-24(33)28-15-19-8-4-7-11-23(19)35-3/h4-14H,15-16H2,1-3H3,(H,28,33). The van der Waals surface area contributed by atoms with Gasteiger partial charge in [-0.3, -0.25) is 14.0 Å². The van der Waals surface area contributed by atoms with Crippen molar-refractivity contribution in [2.75, 3.05) is 12.9 Å². The lowest BCUT2D eigenvalue weighted by Crippen LogP contribution is -2.25. The number of hydrogen-bond donors (Lipinski definition) is 1. The van der Waals surface area contributed by atoms with E-state index >= 15 is 0 Å². The summed E-state index contributed by atoms with van der Waals surface area (Å²) in [6.07, 6.45) is 0. The number of nitrogens with zero attached hydrogens (tertiary/aromatic N) is 4. The molecular weight excluding hydrogens is 474 g/mol. The molecule has 1 N–H and O–H groups in total. The molecule has 1 amide bonds. The monoisotopic (exact) mass is 499 g/mol. The van der Waals surface area contributed by atoms with Gasteiger partial charge in [-0.2, -0.15) is 0 Å². The molecule has 0 aliphatic carbocycles. The highest BCUT2D eigenvalue weighted by Gasteiger charge is 2.19. The number of amides is 1. The third-order valence-corrected chi connectivity index (χ3v) is 6.93. The van der Waals surface area contributed by atoms with Gasteiger partial charge in [-0.15, -0.1) is 10.2 Å². The van der Waals surface area contributed by atoms with Gasteiger partial charge in [-0.05, 0) is 49.2 Å². The van der Waals surface area contributed by atoms with Gasteiger partial charge in [0.25, 0.3) is 5.56 Å². The molecule has 8 nitrogen and oxygen atoms in total. The minimum Gasteiger partial charge on any atom is -0.496 e. The predicted molar refractivity (Wildman–Crippen MR) is 141 cm³/mol. The van der Waals surface area contributed by atoms with Crippen LogP contribution in [0.15, 0.2) is 76.7 Å². The molecule has 2 heterocycles. The predicted octanol–water partition coefficient (Wildman–Crippen LogP) is 4.07. The fourth-order valence-corrected chi connectivity index (χ4v) is 4.94. The zero-order valence-corrected chi connectivity index (χ0v) is 21.0. The quantitative estimate of drug-likeness (QED) is 0.340. The lowest BCUT2D eigenvalue weighted by Gasteiger charge is -2.14. The van der Waals surface area contributed by atoms with Crippen LogP contribution in [-0.2, 0) is 11.3 Å². The van der Waals surface area contributed by atoms with E-state index in [4.69, 9.17) is 4.74 Å². The summed E-state index contributed by atoms with van der Waals surface area (Å²) in [4.78, 5) is 26.2. The molecule has 0 unspecified atom stereocenters. The second kappa shape index (κ2) is 9.87. The smallest absolute Gasteiger partial charge is 0.267 e. The molecule has 0 saturated carbocycles. The number of thioether (sulfide) groups is 1. The van der Waals surface area contributed by atoms with Crippen LogP contribution in [0.5, 0.6) is 5.75 Å². The summed E-state index contributed by atoms with van der Waals surface area (Å²) in [7, 11) is 1.61. The molecule has 2 aromatic heterocycles. The van der Waals surface area contributed by atoms with E-state index in [9.17, 15) is 9.59 Å². The van der Waals surface area contributed by atoms with Crippen molar-refractivity contribution >= 4 is 34.3 Å². The number of ether oxygens (including phenoxy) is 1. The van der Waals surface area contributed by atoms with Gasteiger partial charge in [0.05, 0.1) is 29.5 Å². The third kappa shape index (κ3) is 4.33. The lowest BCUT2D eigenvalue weighted by molar-refractivity contribution is -0.118. The van der Waals surface area contributed by atoms with E-state index in [1.165, 1.54) is 11.8 Å². The molecule has 0 atom stereocenters. The Labute approximate surface area is 211 Å². The molecule has 182 valence electrons. The summed E-state index contributed by atoms with van der Waals surface area (Å²) in [5.41, 5.74) is 4.18. The maximum Gasteiger partial charge on any atom is 0.267 e. The molecule has 36 heavy (non-hydrogen) atoms. The van der Waals surface area contributed by atoms with Crippen molar-refractivity contribution in [3.8, 4) is 11.4 Å². The number of methoxy groups -OCH3 is 1. The van der Waals surface area contributed by atoms with Gasteiger partial charge in [0.1, 0.15) is 5.75 Å². The van der Waals surface area contributed by atoms with Gasteiger partial charge in [0.15, 0.2) is 5.16 Å². The molecule has 0 aliphatic heterocycles. The summed E-state index contributed by atoms with van der Waals surface area (Å²) >= 11 is 1.27. The van der Waals surface area contributed by atoms with Crippen molar-refractivity contribution in [3.05, 3.63) is 93.8 Å². The number of nitrogens with one attached hydrogen (secondary N) is 1. The highest BCUT2D eigenvalue weighted by molar-refractivity contribution is 7.99. The summed E-state index contributed by atoms with van der Waals surface area (Å²) in [6, 6.07) is 20.9. The lowest BCUT2D eigenvalue weighted by atomic mass is 10.1. The maximum atomic E-state index is 13.6. The Bertz CT molecular complexity index is 1660. The second-order valence-corrected chi connectivity index (χ2v) is 9.39. The zero-order chi connectivity index (χ0) is 25.2. The van der Waals surface area contributed by atoms with Gasteiger partial charge in [-0.1, -0.05) is 54.2 Å². The van der Waals surface area contributed by atoms with Gasteiger partial charge in [0.2, 0.25) is 11.7 Å². The number of rotatable bonds is 7. The van der Waals surface area contributed by atoms with Crippen molar-refractivity contribution in [1.82, 2.24) is 24.5 Å². The van der Waals surface area contributed by atoms with E-state index in [1.54, 1.807) is 17.7 Å². The topological polar surface area (TPSA) is 90.5 Å². The molecule has 0 bridgehead atoms. The molecule has 0 spiro atoms. The Kier molecular flexibility index (Phi) is 6.47. The van der Waals surface area contributed by atoms with Gasteiger partial charge in [-0.25, -0.2) is 4.57 Å². The van der Waals surface area contributed by atoms with Gasteiger partial charge < -0.3 is 10.1 Å². The van der Waals surface area contributed by atoms with Crippen LogP contribution in [0.4, 0.5) is 0 Å². The van der Waals surface area contributed by atoms with Crippen molar-refractivity contribution < 1.29 is 9.53 Å². The number of aromatic nitrogens is 4. The first kappa shape index (κ1) is 23.6. The van der Waals surface area contributed by atoms with Gasteiger partial charge >= 0.3 is 0 Å². The number of aryl methyl sites for hydroxylation is 2. The van der Waals surface area contributed by atoms with E-state index < -0.39 is 0 Å². The Hall–Kier alpha value is -4.11. The molecule has 5 rings (SSSR count). The van der Waals surface area contributed by atoms with E-state index in [0.717, 1.165) is 28.1 Å². The van der Waals surface area contributed by atoms with E-state index in [2.05, 4.69) is 15.5 Å². The number of para-hydroxylation sites is 2. The van der Waals surface area contributed by atoms with Crippen LogP contribution in [0.2, 0.25) is 0 Å². The number of carbonyl (C=O) groups is 1. The summed E-state index contributed by atoms with van der Waals surface area (Å²) < 4.78 is 8.80. The Morgan fingerprint density at radius 2 is 1.81 bits per heavy atom. The molecule has 0 radical (unpaired) electrons. The second-order valence-electron chi connectivity index (χ2n) is 8.44. The fraction of sp³-hybridized carbons (Fsp3) is 0.185. The molecular formula is C27H25N5O3S. The molecule has 9 heteroatoms. The van der Waals surface area contributed by atoms with Gasteiger partial charge in [0, 0.05) is 12.1 Å². The van der Waals surface area contributed by atoms with E-state index in [1.807, 2.05) is 78.9 Å². The van der Waals surface area contributed by atoms with Crippen molar-refractivity contribution in [2.24, 2.45) is 0 Å². The third-order valence-electron chi connectivity index (χ3n) is 6.00. The average Bonchev–Trinajstić information content (AvgIpc) is 3.32. The van der Waals surface area contributed by atoms with Crippen LogP contribution in [0.3, 0.4) is 0 Å². The molecule has 5 aromatic rings. The molecule has 0 saturated heterocycles. The van der Waals surface area contributed by atoms with E-state index in [-0.39, 0.29) is 17.2 Å². The Morgan fingerprint density at radius 1 is 1.03 bits per heavy atom. The van der Waals surface area contributed by atoms with Crippen LogP contribution in [-0.4, -0.2) is 37.9 Å². The van der Waals surface area contributed by atoms with Crippen LogP contribution >= 0.6 is 11.8 Å². The first-order valence-corrected chi connectivity index (χ1v) is 12.4.